The van der Waals surface area contributed by atoms with Crippen molar-refractivity contribution in [2.24, 2.45) is 5.14 Å². The van der Waals surface area contributed by atoms with E-state index in [-0.39, 0.29) is 15.5 Å². The van der Waals surface area contributed by atoms with Gasteiger partial charge in [0, 0.05) is 11.4 Å². The molecule has 0 saturated heterocycles. The molecule has 0 radical (unpaired) electrons. The first-order chi connectivity index (χ1) is 11.8. The molecule has 1 aromatic carbocycles. The van der Waals surface area contributed by atoms with Crippen molar-refractivity contribution >= 4 is 44.8 Å². The van der Waals surface area contributed by atoms with E-state index in [0.717, 1.165) is 10.9 Å². The van der Waals surface area contributed by atoms with E-state index in [9.17, 15) is 18.0 Å². The molecule has 0 atom stereocenters. The Hall–Kier alpha value is -1.94. The Morgan fingerprint density at radius 2 is 2.04 bits per heavy atom. The maximum absolute atomic E-state index is 12.0. The molecule has 134 valence electrons. The highest BCUT2D eigenvalue weighted by Gasteiger charge is 2.18. The van der Waals surface area contributed by atoms with Crippen molar-refractivity contribution in [2.45, 2.75) is 11.3 Å². The second-order valence-corrected chi connectivity index (χ2v) is 7.94. The van der Waals surface area contributed by atoms with Crippen molar-refractivity contribution in [3.63, 3.8) is 0 Å². The normalized spacial score (nSPS) is 11.1. The molecular formula is C15H15ClN2O5S2. The number of primary sulfonamides is 1. The Kier molecular flexibility index (Phi) is 6.54. The molecule has 3 N–H and O–H groups in total. The van der Waals surface area contributed by atoms with Gasteiger partial charge in [-0.05, 0) is 36.1 Å². The lowest BCUT2D eigenvalue weighted by atomic mass is 10.2. The van der Waals surface area contributed by atoms with Gasteiger partial charge in [0.2, 0.25) is 10.0 Å². The van der Waals surface area contributed by atoms with Crippen molar-refractivity contribution < 1.29 is 22.7 Å². The fourth-order valence-corrected chi connectivity index (χ4v) is 3.32. The van der Waals surface area contributed by atoms with Crippen molar-refractivity contribution in [2.75, 3.05) is 13.2 Å². The van der Waals surface area contributed by atoms with E-state index in [1.54, 1.807) is 11.3 Å². The van der Waals surface area contributed by atoms with Crippen molar-refractivity contribution in [1.29, 1.82) is 0 Å². The van der Waals surface area contributed by atoms with E-state index >= 15 is 0 Å². The van der Waals surface area contributed by atoms with Crippen LogP contribution in [0.1, 0.15) is 15.2 Å². The van der Waals surface area contributed by atoms with Crippen molar-refractivity contribution in [1.82, 2.24) is 5.32 Å². The predicted octanol–water partition coefficient (Wildman–Crippen LogP) is 1.56. The number of thiophene rings is 1. The Labute approximate surface area is 153 Å². The lowest BCUT2D eigenvalue weighted by molar-refractivity contribution is -0.124. The molecule has 0 aliphatic rings. The molecule has 0 unspecified atom stereocenters. The van der Waals surface area contributed by atoms with Gasteiger partial charge in [-0.1, -0.05) is 17.7 Å². The molecule has 0 fully saturated rings. The Bertz CT molecular complexity index is 866. The zero-order valence-electron chi connectivity index (χ0n) is 12.9. The highest BCUT2D eigenvalue weighted by molar-refractivity contribution is 7.89. The average Bonchev–Trinajstić information content (AvgIpc) is 3.05. The topological polar surface area (TPSA) is 116 Å². The zero-order chi connectivity index (χ0) is 18.4. The molecule has 0 bridgehead atoms. The molecule has 0 aliphatic heterocycles. The van der Waals surface area contributed by atoms with E-state index in [4.69, 9.17) is 21.5 Å². The summed E-state index contributed by atoms with van der Waals surface area (Å²) in [6.07, 6.45) is 0.680. The summed E-state index contributed by atoms with van der Waals surface area (Å²) in [5.74, 6) is -1.38. The lowest BCUT2D eigenvalue weighted by Crippen LogP contribution is -2.30. The number of hydrogen-bond donors (Lipinski definition) is 2. The fourth-order valence-electron chi connectivity index (χ4n) is 1.88. The summed E-state index contributed by atoms with van der Waals surface area (Å²) in [5.41, 5.74) is -0.181. The third-order valence-electron chi connectivity index (χ3n) is 3.09. The summed E-state index contributed by atoms with van der Waals surface area (Å²) >= 11 is 7.45. The Morgan fingerprint density at radius 3 is 2.68 bits per heavy atom. The molecule has 7 nitrogen and oxygen atoms in total. The number of esters is 1. The number of nitrogens with two attached hydrogens (primary N) is 1. The molecule has 0 aliphatic carbocycles. The number of ether oxygens (including phenoxy) is 1. The SMILES string of the molecule is NS(=O)(=O)c1ccc(Cl)c(C(=O)OCC(=O)NCCc2cccs2)c1. The molecule has 2 rings (SSSR count). The van der Waals surface area contributed by atoms with Crippen LogP contribution in [0.25, 0.3) is 0 Å². The molecule has 0 spiro atoms. The number of rotatable bonds is 7. The summed E-state index contributed by atoms with van der Waals surface area (Å²) in [7, 11) is -3.99. The first-order valence-electron chi connectivity index (χ1n) is 7.06. The van der Waals surface area contributed by atoms with E-state index in [1.165, 1.54) is 12.1 Å². The van der Waals surface area contributed by atoms with Gasteiger partial charge in [0.1, 0.15) is 0 Å². The summed E-state index contributed by atoms with van der Waals surface area (Å²) in [4.78, 5) is 24.5. The average molecular weight is 403 g/mol. The standard InChI is InChI=1S/C15H15ClN2O5S2/c16-13-4-3-11(25(17,21)22)8-12(13)15(20)23-9-14(19)18-6-5-10-2-1-7-24-10/h1-4,7-8H,5-6,9H2,(H,18,19)(H2,17,21,22). The minimum atomic E-state index is -3.99. The molecule has 1 aromatic heterocycles. The number of carbonyl (C=O) groups is 2. The molecule has 0 saturated carbocycles. The highest BCUT2D eigenvalue weighted by Crippen LogP contribution is 2.20. The van der Waals surface area contributed by atoms with Crippen LogP contribution in [0, 0.1) is 0 Å². The van der Waals surface area contributed by atoms with Gasteiger partial charge in [0.15, 0.2) is 6.61 Å². The van der Waals surface area contributed by atoms with Gasteiger partial charge in [-0.15, -0.1) is 11.3 Å². The second kappa shape index (κ2) is 8.43. The number of nitrogens with one attached hydrogen (secondary N) is 1. The maximum Gasteiger partial charge on any atom is 0.340 e. The van der Waals surface area contributed by atoms with Crippen LogP contribution in [0.2, 0.25) is 5.02 Å². The third-order valence-corrected chi connectivity index (χ3v) is 5.27. The number of amides is 1. The number of sulfonamides is 1. The largest absolute Gasteiger partial charge is 0.452 e. The number of benzene rings is 1. The van der Waals surface area contributed by atoms with Gasteiger partial charge in [-0.2, -0.15) is 0 Å². The summed E-state index contributed by atoms with van der Waals surface area (Å²) < 4.78 is 27.5. The molecule has 10 heteroatoms. The van der Waals surface area contributed by atoms with Gasteiger partial charge in [0.05, 0.1) is 15.5 Å². The molecular weight excluding hydrogens is 388 g/mol. The number of hydrogen-bond acceptors (Lipinski definition) is 6. The zero-order valence-corrected chi connectivity index (χ0v) is 15.3. The van der Waals surface area contributed by atoms with Crippen molar-refractivity contribution in [3.8, 4) is 0 Å². The third kappa shape index (κ3) is 5.82. The van der Waals surface area contributed by atoms with Crippen LogP contribution in [0.3, 0.4) is 0 Å². The summed E-state index contributed by atoms with van der Waals surface area (Å²) in [5, 5.41) is 9.57. The molecule has 2 aromatic rings. The summed E-state index contributed by atoms with van der Waals surface area (Å²) in [6.45, 7) is -0.0856. The first kappa shape index (κ1) is 19.4. The number of halogens is 1. The maximum atomic E-state index is 12.0. The minimum Gasteiger partial charge on any atom is -0.452 e. The smallest absolute Gasteiger partial charge is 0.340 e. The van der Waals surface area contributed by atoms with Crippen molar-refractivity contribution in [3.05, 3.63) is 51.2 Å². The van der Waals surface area contributed by atoms with Crippen LogP contribution in [-0.2, 0) is 26.0 Å². The monoisotopic (exact) mass is 402 g/mol. The Balaban J connectivity index is 1.88. The van der Waals surface area contributed by atoms with E-state index in [1.807, 2.05) is 17.5 Å². The first-order valence-corrected chi connectivity index (χ1v) is 9.86. The van der Waals surface area contributed by atoms with Crippen LogP contribution < -0.4 is 10.5 Å². The Morgan fingerprint density at radius 1 is 1.28 bits per heavy atom. The van der Waals surface area contributed by atoms with Gasteiger partial charge in [-0.25, -0.2) is 18.4 Å². The highest BCUT2D eigenvalue weighted by atomic mass is 35.5. The minimum absolute atomic E-state index is 0.00416. The van der Waals surface area contributed by atoms with E-state index in [0.29, 0.717) is 13.0 Å². The van der Waals surface area contributed by atoms with Gasteiger partial charge >= 0.3 is 5.97 Å². The van der Waals surface area contributed by atoms with Crippen LogP contribution in [0.5, 0.6) is 0 Å². The van der Waals surface area contributed by atoms with Gasteiger partial charge in [-0.3, -0.25) is 4.79 Å². The van der Waals surface area contributed by atoms with E-state index in [2.05, 4.69) is 5.32 Å². The second-order valence-electron chi connectivity index (χ2n) is 4.94. The molecule has 1 heterocycles. The predicted molar refractivity (Wildman–Crippen MR) is 94.1 cm³/mol. The lowest BCUT2D eigenvalue weighted by Gasteiger charge is -2.08. The van der Waals surface area contributed by atoms with Crippen LogP contribution in [0.15, 0.2) is 40.6 Å². The molecule has 1 amide bonds. The molecule has 25 heavy (non-hydrogen) atoms. The summed E-state index contributed by atoms with van der Waals surface area (Å²) in [6, 6.07) is 7.28. The fraction of sp³-hybridized carbons (Fsp3) is 0.200. The number of carbonyl (C=O) groups excluding carboxylic acids is 2. The quantitative estimate of drug-likeness (QED) is 0.682. The van der Waals surface area contributed by atoms with Gasteiger partial charge in [0.25, 0.3) is 5.91 Å². The van der Waals surface area contributed by atoms with Crippen LogP contribution in [0.4, 0.5) is 0 Å². The van der Waals surface area contributed by atoms with Crippen LogP contribution >= 0.6 is 22.9 Å². The van der Waals surface area contributed by atoms with E-state index < -0.39 is 28.5 Å². The van der Waals surface area contributed by atoms with Gasteiger partial charge < -0.3 is 10.1 Å². The van der Waals surface area contributed by atoms with Crippen LogP contribution in [-0.4, -0.2) is 33.4 Å².